The highest BCUT2D eigenvalue weighted by atomic mass is 14.9. The minimum absolute atomic E-state index is 0.263. The summed E-state index contributed by atoms with van der Waals surface area (Å²) in [6, 6.07) is 11.2. The summed E-state index contributed by atoms with van der Waals surface area (Å²) in [5.41, 5.74) is 2.31. The third-order valence-corrected chi connectivity index (χ3v) is 3.87. The first-order valence-electron chi connectivity index (χ1n) is 7.75. The van der Waals surface area contributed by atoms with E-state index in [4.69, 9.17) is 5.26 Å². The minimum Gasteiger partial charge on any atom is -0.347 e. The van der Waals surface area contributed by atoms with Crippen LogP contribution in [-0.4, -0.2) is 11.1 Å². The highest BCUT2D eigenvalue weighted by Gasteiger charge is 2.16. The predicted octanol–water partition coefficient (Wildman–Crippen LogP) is 4.08. The van der Waals surface area contributed by atoms with Crippen molar-refractivity contribution in [3.8, 4) is 6.07 Å². The Morgan fingerprint density at radius 2 is 2.10 bits per heavy atom. The molecule has 112 valence electrons. The van der Waals surface area contributed by atoms with Crippen molar-refractivity contribution in [2.75, 3.05) is 6.54 Å². The Bertz CT molecular complexity index is 631. The summed E-state index contributed by atoms with van der Waals surface area (Å²) in [7, 11) is 0. The molecule has 2 rings (SSSR count). The molecule has 3 heteroatoms. The monoisotopic (exact) mass is 283 g/mol. The number of aryl methyl sites for hydroxylation is 1. The molecular formula is C18H25N3. The largest absolute Gasteiger partial charge is 0.347 e. The van der Waals surface area contributed by atoms with E-state index >= 15 is 0 Å². The molecule has 2 aromatic rings. The molecule has 1 aromatic carbocycles. The molecule has 3 nitrogen and oxygen atoms in total. The molecule has 0 saturated carbocycles. The van der Waals surface area contributed by atoms with Gasteiger partial charge in [-0.1, -0.05) is 13.0 Å². The van der Waals surface area contributed by atoms with Crippen LogP contribution in [0.3, 0.4) is 0 Å². The lowest BCUT2D eigenvalue weighted by Gasteiger charge is -2.15. The van der Waals surface area contributed by atoms with Crippen molar-refractivity contribution in [2.24, 2.45) is 5.41 Å². The van der Waals surface area contributed by atoms with Crippen LogP contribution in [0.15, 0.2) is 30.5 Å². The number of nitrogens with zero attached hydrogens (tertiary/aromatic N) is 2. The Morgan fingerprint density at radius 3 is 2.81 bits per heavy atom. The van der Waals surface area contributed by atoms with Crippen molar-refractivity contribution in [1.29, 1.82) is 5.26 Å². The van der Waals surface area contributed by atoms with Crippen molar-refractivity contribution in [1.82, 2.24) is 9.88 Å². The third kappa shape index (κ3) is 4.09. The van der Waals surface area contributed by atoms with Crippen molar-refractivity contribution < 1.29 is 0 Å². The van der Waals surface area contributed by atoms with Crippen LogP contribution in [0.25, 0.3) is 10.9 Å². The Morgan fingerprint density at radius 1 is 1.29 bits per heavy atom. The van der Waals surface area contributed by atoms with Gasteiger partial charge >= 0.3 is 0 Å². The number of hydrogen-bond donors (Lipinski definition) is 1. The summed E-state index contributed by atoms with van der Waals surface area (Å²) in [5.74, 6) is 0. The minimum atomic E-state index is -0.263. The highest BCUT2D eigenvalue weighted by molar-refractivity contribution is 5.80. The molecule has 1 heterocycles. The van der Waals surface area contributed by atoms with Gasteiger partial charge in [-0.05, 0) is 62.4 Å². The molecule has 0 unspecified atom stereocenters. The zero-order valence-corrected chi connectivity index (χ0v) is 13.3. The topological polar surface area (TPSA) is 40.8 Å². The van der Waals surface area contributed by atoms with Crippen LogP contribution in [0.4, 0.5) is 0 Å². The number of rotatable bonds is 7. The summed E-state index contributed by atoms with van der Waals surface area (Å²) in [6.45, 7) is 9.04. The second kappa shape index (κ2) is 6.78. The zero-order chi connectivity index (χ0) is 15.3. The van der Waals surface area contributed by atoms with Gasteiger partial charge in [0.05, 0.1) is 11.5 Å². The van der Waals surface area contributed by atoms with Crippen LogP contribution in [0.1, 0.15) is 39.2 Å². The summed E-state index contributed by atoms with van der Waals surface area (Å²) < 4.78 is 2.25. The standard InChI is InChI=1S/C18H25N3/c1-4-9-20-13-15-5-6-17-16(12-15)7-10-21(17)11-8-18(2,3)14-19/h5-7,10,12,20H,4,8-9,11,13H2,1-3H3. The molecule has 1 aromatic heterocycles. The van der Waals surface area contributed by atoms with E-state index < -0.39 is 0 Å². The molecular weight excluding hydrogens is 258 g/mol. The lowest BCUT2D eigenvalue weighted by atomic mass is 9.91. The molecule has 21 heavy (non-hydrogen) atoms. The van der Waals surface area contributed by atoms with Crippen molar-refractivity contribution in [3.63, 3.8) is 0 Å². The van der Waals surface area contributed by atoms with Gasteiger partial charge in [-0.15, -0.1) is 0 Å². The average Bonchev–Trinajstić information content (AvgIpc) is 2.88. The molecule has 0 atom stereocenters. The molecule has 0 bridgehead atoms. The van der Waals surface area contributed by atoms with Crippen molar-refractivity contribution in [2.45, 2.75) is 46.7 Å². The molecule has 0 radical (unpaired) electrons. The molecule has 0 fully saturated rings. The normalized spacial score (nSPS) is 11.7. The fourth-order valence-corrected chi connectivity index (χ4v) is 2.42. The number of aromatic nitrogens is 1. The van der Waals surface area contributed by atoms with Gasteiger partial charge in [0.2, 0.25) is 0 Å². The second-order valence-electron chi connectivity index (χ2n) is 6.32. The van der Waals surface area contributed by atoms with Gasteiger partial charge in [-0.3, -0.25) is 0 Å². The summed E-state index contributed by atoms with van der Waals surface area (Å²) in [5, 5.41) is 13.8. The average molecular weight is 283 g/mol. The Labute approximate surface area is 127 Å². The first-order chi connectivity index (χ1) is 10.1. The molecule has 1 N–H and O–H groups in total. The molecule has 0 aliphatic rings. The van der Waals surface area contributed by atoms with Crippen molar-refractivity contribution >= 4 is 10.9 Å². The Hall–Kier alpha value is -1.79. The fourth-order valence-electron chi connectivity index (χ4n) is 2.42. The van der Waals surface area contributed by atoms with E-state index in [-0.39, 0.29) is 5.41 Å². The van der Waals surface area contributed by atoms with E-state index in [0.717, 1.165) is 32.5 Å². The van der Waals surface area contributed by atoms with Gasteiger partial charge in [0.15, 0.2) is 0 Å². The number of benzene rings is 1. The first kappa shape index (κ1) is 15.6. The highest BCUT2D eigenvalue weighted by Crippen LogP contribution is 2.23. The van der Waals surface area contributed by atoms with Crippen LogP contribution >= 0.6 is 0 Å². The summed E-state index contributed by atoms with van der Waals surface area (Å²) in [6.07, 6.45) is 4.15. The maximum absolute atomic E-state index is 9.11. The quantitative estimate of drug-likeness (QED) is 0.778. The van der Waals surface area contributed by atoms with E-state index in [2.05, 4.69) is 53.3 Å². The summed E-state index contributed by atoms with van der Waals surface area (Å²) >= 11 is 0. The molecule has 0 aliphatic heterocycles. The molecule has 0 saturated heterocycles. The van der Waals surface area contributed by atoms with E-state index in [1.165, 1.54) is 16.5 Å². The summed E-state index contributed by atoms with van der Waals surface area (Å²) in [4.78, 5) is 0. The Kier molecular flexibility index (Phi) is 5.03. The maximum atomic E-state index is 9.11. The third-order valence-electron chi connectivity index (χ3n) is 3.87. The van der Waals surface area contributed by atoms with E-state index in [1.807, 2.05) is 13.8 Å². The predicted molar refractivity (Wildman–Crippen MR) is 87.9 cm³/mol. The van der Waals surface area contributed by atoms with E-state index in [1.54, 1.807) is 0 Å². The van der Waals surface area contributed by atoms with E-state index in [9.17, 15) is 0 Å². The number of nitriles is 1. The van der Waals surface area contributed by atoms with Crippen LogP contribution in [0.5, 0.6) is 0 Å². The number of fused-ring (bicyclic) bond motifs is 1. The van der Waals surface area contributed by atoms with Gasteiger partial charge in [0, 0.05) is 24.8 Å². The van der Waals surface area contributed by atoms with E-state index in [0.29, 0.717) is 0 Å². The molecule has 0 aliphatic carbocycles. The fraction of sp³-hybridized carbons (Fsp3) is 0.500. The maximum Gasteiger partial charge on any atom is 0.0684 e. The van der Waals surface area contributed by atoms with Gasteiger partial charge in [0.1, 0.15) is 0 Å². The lowest BCUT2D eigenvalue weighted by molar-refractivity contribution is 0.417. The van der Waals surface area contributed by atoms with Gasteiger partial charge < -0.3 is 9.88 Å². The van der Waals surface area contributed by atoms with Crippen LogP contribution in [0.2, 0.25) is 0 Å². The molecule has 0 amide bonds. The first-order valence-corrected chi connectivity index (χ1v) is 7.75. The van der Waals surface area contributed by atoms with Gasteiger partial charge in [-0.25, -0.2) is 0 Å². The smallest absolute Gasteiger partial charge is 0.0684 e. The van der Waals surface area contributed by atoms with Gasteiger partial charge in [-0.2, -0.15) is 5.26 Å². The van der Waals surface area contributed by atoms with Crippen LogP contribution < -0.4 is 5.32 Å². The Balaban J connectivity index is 2.08. The van der Waals surface area contributed by atoms with Crippen LogP contribution in [0, 0.1) is 16.7 Å². The number of hydrogen-bond acceptors (Lipinski definition) is 2. The lowest BCUT2D eigenvalue weighted by Crippen LogP contribution is -2.13. The van der Waals surface area contributed by atoms with Crippen molar-refractivity contribution in [3.05, 3.63) is 36.0 Å². The molecule has 0 spiro atoms. The zero-order valence-electron chi connectivity index (χ0n) is 13.3. The second-order valence-corrected chi connectivity index (χ2v) is 6.32. The number of nitrogens with one attached hydrogen (secondary N) is 1. The van der Waals surface area contributed by atoms with Crippen LogP contribution in [-0.2, 0) is 13.1 Å². The van der Waals surface area contributed by atoms with Gasteiger partial charge in [0.25, 0.3) is 0 Å². The SMILES string of the molecule is CCCNCc1ccc2c(ccn2CCC(C)(C)C#N)c1.